The van der Waals surface area contributed by atoms with Crippen LogP contribution >= 0.6 is 0 Å². The maximum atomic E-state index is 5.68. The van der Waals surface area contributed by atoms with Gasteiger partial charge in [-0.25, -0.2) is 0 Å². The van der Waals surface area contributed by atoms with E-state index in [0.717, 1.165) is 25.2 Å². The zero-order valence-electron chi connectivity index (χ0n) is 11.1. The van der Waals surface area contributed by atoms with Crippen LogP contribution in [0.3, 0.4) is 0 Å². The monoisotopic (exact) mass is 238 g/mol. The topological polar surface area (TPSA) is 24.5 Å². The quantitative estimate of drug-likeness (QED) is 0.805. The first-order chi connectivity index (χ1) is 8.26. The molecule has 0 aromatic rings. The molecule has 17 heavy (non-hydrogen) atoms. The molecule has 98 valence electrons. The fraction of sp³-hybridized carbons (Fsp3) is 1.00. The number of ether oxygens (including phenoxy) is 1. The van der Waals surface area contributed by atoms with Crippen LogP contribution in [0.1, 0.15) is 39.0 Å². The number of rotatable bonds is 4. The van der Waals surface area contributed by atoms with Crippen molar-refractivity contribution in [3.63, 3.8) is 0 Å². The fourth-order valence-electron chi connectivity index (χ4n) is 3.28. The van der Waals surface area contributed by atoms with Crippen LogP contribution in [0.15, 0.2) is 0 Å². The summed E-state index contributed by atoms with van der Waals surface area (Å²) < 4.78 is 5.68. The Bertz CT molecular complexity index is 259. The molecule has 1 aliphatic carbocycles. The summed E-state index contributed by atoms with van der Waals surface area (Å²) in [6.07, 6.45) is 6.73. The van der Waals surface area contributed by atoms with E-state index in [1.807, 2.05) is 0 Å². The Morgan fingerprint density at radius 2 is 2.24 bits per heavy atom. The lowest BCUT2D eigenvalue weighted by molar-refractivity contribution is -0.0314. The zero-order valence-corrected chi connectivity index (χ0v) is 11.1. The third kappa shape index (κ3) is 2.83. The van der Waals surface area contributed by atoms with E-state index < -0.39 is 0 Å². The molecule has 0 amide bonds. The normalized spacial score (nSPS) is 39.7. The summed E-state index contributed by atoms with van der Waals surface area (Å²) in [5, 5.41) is 3.68. The molecule has 0 radical (unpaired) electrons. The average Bonchev–Trinajstić information content (AvgIpc) is 3.04. The number of nitrogens with one attached hydrogen (secondary N) is 1. The van der Waals surface area contributed by atoms with Gasteiger partial charge in [-0.3, -0.25) is 4.90 Å². The van der Waals surface area contributed by atoms with E-state index in [9.17, 15) is 0 Å². The van der Waals surface area contributed by atoms with Crippen molar-refractivity contribution < 1.29 is 4.74 Å². The summed E-state index contributed by atoms with van der Waals surface area (Å²) in [4.78, 5) is 2.69. The fourth-order valence-corrected chi connectivity index (χ4v) is 3.28. The molecule has 3 nitrogen and oxygen atoms in total. The van der Waals surface area contributed by atoms with E-state index in [4.69, 9.17) is 4.74 Å². The number of hydrogen-bond acceptors (Lipinski definition) is 3. The second kappa shape index (κ2) is 4.87. The Labute approximate surface area is 105 Å². The highest BCUT2D eigenvalue weighted by molar-refractivity contribution is 4.93. The van der Waals surface area contributed by atoms with Gasteiger partial charge >= 0.3 is 0 Å². The van der Waals surface area contributed by atoms with Crippen molar-refractivity contribution >= 4 is 0 Å². The largest absolute Gasteiger partial charge is 0.380 e. The van der Waals surface area contributed by atoms with Gasteiger partial charge in [-0.15, -0.1) is 0 Å². The molecule has 0 aromatic heterocycles. The Morgan fingerprint density at radius 1 is 1.35 bits per heavy atom. The molecule has 3 fully saturated rings. The average molecular weight is 238 g/mol. The Kier molecular flexibility index (Phi) is 3.42. The molecule has 1 N–H and O–H groups in total. The molecule has 3 aliphatic rings. The lowest BCUT2D eigenvalue weighted by Crippen LogP contribution is -2.51. The summed E-state index contributed by atoms with van der Waals surface area (Å²) in [6.45, 7) is 8.09. The molecule has 1 saturated carbocycles. The molecular formula is C14H26N2O. The molecule has 0 bridgehead atoms. The number of nitrogens with zero attached hydrogens (tertiary/aromatic N) is 1. The molecule has 2 atom stereocenters. The van der Waals surface area contributed by atoms with Crippen molar-refractivity contribution in [3.05, 3.63) is 0 Å². The van der Waals surface area contributed by atoms with Crippen LogP contribution in [-0.2, 0) is 4.74 Å². The highest BCUT2D eigenvalue weighted by Crippen LogP contribution is 2.31. The Morgan fingerprint density at radius 3 is 2.94 bits per heavy atom. The van der Waals surface area contributed by atoms with Gasteiger partial charge in [-0.2, -0.15) is 0 Å². The smallest absolute Gasteiger partial charge is 0.0647 e. The minimum atomic E-state index is 0.326. The predicted molar refractivity (Wildman–Crippen MR) is 69.2 cm³/mol. The van der Waals surface area contributed by atoms with Gasteiger partial charge in [0, 0.05) is 24.7 Å². The van der Waals surface area contributed by atoms with Crippen LogP contribution in [0.5, 0.6) is 0 Å². The van der Waals surface area contributed by atoms with Gasteiger partial charge in [0.15, 0.2) is 0 Å². The summed E-state index contributed by atoms with van der Waals surface area (Å²) in [7, 11) is 0. The zero-order chi connectivity index (χ0) is 11.7. The van der Waals surface area contributed by atoms with Gasteiger partial charge in [0.05, 0.1) is 6.61 Å². The van der Waals surface area contributed by atoms with Crippen LogP contribution in [0.2, 0.25) is 0 Å². The maximum absolute atomic E-state index is 5.68. The molecule has 2 heterocycles. The second-order valence-electron chi connectivity index (χ2n) is 6.44. The van der Waals surface area contributed by atoms with Crippen LogP contribution < -0.4 is 5.32 Å². The minimum Gasteiger partial charge on any atom is -0.380 e. The van der Waals surface area contributed by atoms with Gasteiger partial charge in [0.25, 0.3) is 0 Å². The first-order valence-corrected chi connectivity index (χ1v) is 7.32. The highest BCUT2D eigenvalue weighted by Gasteiger charge is 2.38. The van der Waals surface area contributed by atoms with Gasteiger partial charge < -0.3 is 10.1 Å². The lowest BCUT2D eigenvalue weighted by atomic mass is 9.93. The van der Waals surface area contributed by atoms with Crippen LogP contribution in [0, 0.1) is 5.92 Å². The van der Waals surface area contributed by atoms with Crippen molar-refractivity contribution in [3.8, 4) is 0 Å². The highest BCUT2D eigenvalue weighted by atomic mass is 16.5. The van der Waals surface area contributed by atoms with Gasteiger partial charge in [0.2, 0.25) is 0 Å². The molecule has 2 aliphatic heterocycles. The van der Waals surface area contributed by atoms with E-state index in [0.29, 0.717) is 5.54 Å². The van der Waals surface area contributed by atoms with Gasteiger partial charge in [-0.1, -0.05) is 0 Å². The third-order valence-electron chi connectivity index (χ3n) is 4.74. The minimum absolute atomic E-state index is 0.326. The van der Waals surface area contributed by atoms with E-state index in [2.05, 4.69) is 17.1 Å². The SMILES string of the molecule is CC1(N2CCC(CNC3CC3)C2)CCCOC1. The Balaban J connectivity index is 1.48. The standard InChI is InChI=1S/C14H26N2O/c1-14(6-2-8-17-11-14)16-7-5-12(10-16)9-15-13-3-4-13/h12-13,15H,2-11H2,1H3. The van der Waals surface area contributed by atoms with Crippen LogP contribution in [0.25, 0.3) is 0 Å². The van der Waals surface area contributed by atoms with Crippen molar-refractivity contribution in [2.75, 3.05) is 32.8 Å². The number of likely N-dealkylation sites (tertiary alicyclic amines) is 1. The molecule has 3 heteroatoms. The molecular weight excluding hydrogens is 212 g/mol. The summed E-state index contributed by atoms with van der Waals surface area (Å²) in [5.74, 6) is 0.870. The van der Waals surface area contributed by atoms with E-state index in [1.165, 1.54) is 51.7 Å². The molecule has 0 spiro atoms. The first kappa shape index (κ1) is 11.9. The van der Waals surface area contributed by atoms with Crippen molar-refractivity contribution in [1.29, 1.82) is 0 Å². The predicted octanol–water partition coefficient (Wildman–Crippen LogP) is 1.63. The summed E-state index contributed by atoms with van der Waals surface area (Å²) in [5.41, 5.74) is 0.326. The van der Waals surface area contributed by atoms with Crippen LogP contribution in [0.4, 0.5) is 0 Å². The molecule has 2 saturated heterocycles. The van der Waals surface area contributed by atoms with Crippen molar-refractivity contribution in [2.45, 2.75) is 50.6 Å². The van der Waals surface area contributed by atoms with E-state index >= 15 is 0 Å². The molecule has 3 rings (SSSR count). The van der Waals surface area contributed by atoms with Gasteiger partial charge in [-0.05, 0) is 58.0 Å². The van der Waals surface area contributed by atoms with Gasteiger partial charge in [0.1, 0.15) is 0 Å². The first-order valence-electron chi connectivity index (χ1n) is 7.32. The van der Waals surface area contributed by atoms with Crippen LogP contribution in [-0.4, -0.2) is 49.3 Å². The lowest BCUT2D eigenvalue weighted by Gasteiger charge is -2.41. The van der Waals surface area contributed by atoms with Crippen molar-refractivity contribution in [1.82, 2.24) is 10.2 Å². The van der Waals surface area contributed by atoms with E-state index in [-0.39, 0.29) is 0 Å². The maximum Gasteiger partial charge on any atom is 0.0647 e. The summed E-state index contributed by atoms with van der Waals surface area (Å²) >= 11 is 0. The molecule has 2 unspecified atom stereocenters. The Hall–Kier alpha value is -0.120. The van der Waals surface area contributed by atoms with Crippen molar-refractivity contribution in [2.24, 2.45) is 5.92 Å². The summed E-state index contributed by atoms with van der Waals surface area (Å²) in [6, 6.07) is 0.859. The third-order valence-corrected chi connectivity index (χ3v) is 4.74. The number of hydrogen-bond donors (Lipinski definition) is 1. The van der Waals surface area contributed by atoms with E-state index in [1.54, 1.807) is 0 Å². The second-order valence-corrected chi connectivity index (χ2v) is 6.44. The molecule has 0 aromatic carbocycles.